The summed E-state index contributed by atoms with van der Waals surface area (Å²) in [5, 5.41) is 3.46. The predicted octanol–water partition coefficient (Wildman–Crippen LogP) is 0.866. The lowest BCUT2D eigenvalue weighted by Gasteiger charge is -2.13. The van der Waals surface area contributed by atoms with Gasteiger partial charge in [-0.2, -0.15) is 0 Å². The van der Waals surface area contributed by atoms with Gasteiger partial charge in [0.25, 0.3) is 0 Å². The lowest BCUT2D eigenvalue weighted by molar-refractivity contribution is 0.498. The topological polar surface area (TPSA) is 38.0 Å². The molecular weight excluding hydrogens is 124 g/mol. The predicted molar refractivity (Wildman–Crippen MR) is 43.9 cm³/mol. The fraction of sp³-hybridized carbons (Fsp3) is 1.00. The molecule has 0 bridgehead atoms. The van der Waals surface area contributed by atoms with Gasteiger partial charge in [-0.1, -0.05) is 12.8 Å². The summed E-state index contributed by atoms with van der Waals surface area (Å²) in [7, 11) is 0. The van der Waals surface area contributed by atoms with Gasteiger partial charge in [-0.25, -0.2) is 0 Å². The first-order valence-electron chi connectivity index (χ1n) is 4.28. The lowest BCUT2D eigenvalue weighted by atomic mass is 10.2. The minimum absolute atomic E-state index is 0.306. The highest BCUT2D eigenvalue weighted by Gasteiger charge is 2.13. The third-order valence-electron chi connectivity index (χ3n) is 2.08. The van der Waals surface area contributed by atoms with Gasteiger partial charge in [0.15, 0.2) is 0 Å². The summed E-state index contributed by atoms with van der Waals surface area (Å²) in [6.45, 7) is 3.02. The van der Waals surface area contributed by atoms with E-state index in [0.717, 1.165) is 12.6 Å². The van der Waals surface area contributed by atoms with Gasteiger partial charge < -0.3 is 11.1 Å². The van der Waals surface area contributed by atoms with Crippen LogP contribution in [0.2, 0.25) is 0 Å². The first kappa shape index (κ1) is 8.02. The van der Waals surface area contributed by atoms with Gasteiger partial charge in [0.1, 0.15) is 0 Å². The van der Waals surface area contributed by atoms with Gasteiger partial charge in [-0.05, 0) is 19.8 Å². The fourth-order valence-electron chi connectivity index (χ4n) is 1.48. The molecule has 1 aliphatic rings. The van der Waals surface area contributed by atoms with Crippen LogP contribution < -0.4 is 11.1 Å². The van der Waals surface area contributed by atoms with Crippen LogP contribution in [0.15, 0.2) is 0 Å². The van der Waals surface area contributed by atoms with Crippen molar-refractivity contribution >= 4 is 0 Å². The molecule has 2 heteroatoms. The highest BCUT2D eigenvalue weighted by atomic mass is 14.9. The molecule has 1 unspecified atom stereocenters. The molecule has 0 heterocycles. The summed E-state index contributed by atoms with van der Waals surface area (Å²) in [6.07, 6.45) is 5.51. The minimum Gasteiger partial charge on any atom is -0.327 e. The van der Waals surface area contributed by atoms with E-state index in [0.29, 0.717) is 6.04 Å². The largest absolute Gasteiger partial charge is 0.327 e. The van der Waals surface area contributed by atoms with E-state index in [1.807, 2.05) is 6.92 Å². The van der Waals surface area contributed by atoms with Crippen molar-refractivity contribution in [3.8, 4) is 0 Å². The molecule has 0 spiro atoms. The van der Waals surface area contributed by atoms with Crippen molar-refractivity contribution in [1.82, 2.24) is 5.32 Å². The van der Waals surface area contributed by atoms with Crippen molar-refractivity contribution in [3.05, 3.63) is 0 Å². The van der Waals surface area contributed by atoms with Gasteiger partial charge in [0.2, 0.25) is 0 Å². The van der Waals surface area contributed by atoms with Crippen molar-refractivity contribution in [2.75, 3.05) is 6.54 Å². The molecule has 1 saturated carbocycles. The monoisotopic (exact) mass is 142 g/mol. The van der Waals surface area contributed by atoms with E-state index in [1.165, 1.54) is 25.7 Å². The Hall–Kier alpha value is -0.0800. The zero-order chi connectivity index (χ0) is 7.40. The van der Waals surface area contributed by atoms with Gasteiger partial charge in [-0.15, -0.1) is 0 Å². The van der Waals surface area contributed by atoms with Crippen molar-refractivity contribution in [2.45, 2.75) is 44.7 Å². The number of nitrogens with one attached hydrogen (secondary N) is 1. The summed E-state index contributed by atoms with van der Waals surface area (Å²) >= 11 is 0. The third-order valence-corrected chi connectivity index (χ3v) is 2.08. The molecule has 1 rings (SSSR count). The Bertz CT molecular complexity index is 85.3. The van der Waals surface area contributed by atoms with Crippen LogP contribution in [0.5, 0.6) is 0 Å². The van der Waals surface area contributed by atoms with Crippen LogP contribution in [0.1, 0.15) is 32.6 Å². The minimum atomic E-state index is 0.306. The van der Waals surface area contributed by atoms with Crippen LogP contribution in [0.25, 0.3) is 0 Å². The molecule has 1 fully saturated rings. The van der Waals surface area contributed by atoms with Crippen molar-refractivity contribution in [1.29, 1.82) is 0 Å². The average Bonchev–Trinajstić information content (AvgIpc) is 2.34. The van der Waals surface area contributed by atoms with Crippen molar-refractivity contribution in [2.24, 2.45) is 5.73 Å². The van der Waals surface area contributed by atoms with Crippen LogP contribution in [0.4, 0.5) is 0 Å². The van der Waals surface area contributed by atoms with Gasteiger partial charge in [-0.3, -0.25) is 0 Å². The summed E-state index contributed by atoms with van der Waals surface area (Å²) < 4.78 is 0. The normalized spacial score (nSPS) is 23.4. The van der Waals surface area contributed by atoms with Gasteiger partial charge >= 0.3 is 0 Å². The number of rotatable bonds is 3. The first-order valence-corrected chi connectivity index (χ1v) is 4.28. The molecular formula is C8H18N2. The second-order valence-electron chi connectivity index (χ2n) is 3.37. The summed E-state index contributed by atoms with van der Waals surface area (Å²) in [5.41, 5.74) is 5.61. The Labute approximate surface area is 63.2 Å². The molecule has 3 N–H and O–H groups in total. The maximum absolute atomic E-state index is 5.61. The number of hydrogen-bond donors (Lipinski definition) is 2. The van der Waals surface area contributed by atoms with E-state index in [9.17, 15) is 0 Å². The molecule has 0 aromatic rings. The number of hydrogen-bond acceptors (Lipinski definition) is 2. The highest BCUT2D eigenvalue weighted by molar-refractivity contribution is 4.74. The maximum atomic E-state index is 5.61. The number of nitrogens with two attached hydrogens (primary N) is 1. The average molecular weight is 142 g/mol. The van der Waals surface area contributed by atoms with Gasteiger partial charge in [0.05, 0.1) is 0 Å². The second-order valence-corrected chi connectivity index (χ2v) is 3.37. The molecule has 2 nitrogen and oxygen atoms in total. The zero-order valence-electron chi connectivity index (χ0n) is 6.77. The van der Waals surface area contributed by atoms with Crippen LogP contribution in [-0.4, -0.2) is 18.6 Å². The van der Waals surface area contributed by atoms with E-state index in [2.05, 4.69) is 5.32 Å². The van der Waals surface area contributed by atoms with E-state index in [-0.39, 0.29) is 0 Å². The van der Waals surface area contributed by atoms with Crippen LogP contribution in [0, 0.1) is 0 Å². The second kappa shape index (κ2) is 3.94. The Morgan fingerprint density at radius 2 is 2.10 bits per heavy atom. The third kappa shape index (κ3) is 2.67. The van der Waals surface area contributed by atoms with Crippen molar-refractivity contribution < 1.29 is 0 Å². The lowest BCUT2D eigenvalue weighted by Crippen LogP contribution is -2.36. The van der Waals surface area contributed by atoms with E-state index >= 15 is 0 Å². The summed E-state index contributed by atoms with van der Waals surface area (Å²) in [6, 6.07) is 1.08. The Morgan fingerprint density at radius 3 is 2.60 bits per heavy atom. The van der Waals surface area contributed by atoms with Crippen LogP contribution in [-0.2, 0) is 0 Å². The summed E-state index contributed by atoms with van der Waals surface area (Å²) in [5.74, 6) is 0. The molecule has 60 valence electrons. The quantitative estimate of drug-likeness (QED) is 0.613. The van der Waals surface area contributed by atoms with E-state index in [4.69, 9.17) is 5.73 Å². The van der Waals surface area contributed by atoms with Crippen LogP contribution in [0.3, 0.4) is 0 Å². The molecule has 1 aliphatic carbocycles. The highest BCUT2D eigenvalue weighted by Crippen LogP contribution is 2.17. The van der Waals surface area contributed by atoms with Crippen LogP contribution >= 0.6 is 0 Å². The van der Waals surface area contributed by atoms with Gasteiger partial charge in [0, 0.05) is 18.6 Å². The van der Waals surface area contributed by atoms with Crippen molar-refractivity contribution in [3.63, 3.8) is 0 Å². The van der Waals surface area contributed by atoms with E-state index in [1.54, 1.807) is 0 Å². The molecule has 0 aliphatic heterocycles. The van der Waals surface area contributed by atoms with E-state index < -0.39 is 0 Å². The molecule has 0 aromatic carbocycles. The maximum Gasteiger partial charge on any atom is 0.0136 e. The molecule has 1 atom stereocenters. The summed E-state index contributed by atoms with van der Waals surface area (Å²) in [4.78, 5) is 0. The molecule has 10 heavy (non-hydrogen) atoms. The Kier molecular flexibility index (Phi) is 3.16. The SMILES string of the molecule is CC(N)CNC1CCCC1. The fourth-order valence-corrected chi connectivity index (χ4v) is 1.48. The Balaban J connectivity index is 2.01. The first-order chi connectivity index (χ1) is 4.79. The molecule has 0 aromatic heterocycles. The zero-order valence-corrected chi connectivity index (χ0v) is 6.77. The Morgan fingerprint density at radius 1 is 1.50 bits per heavy atom. The standard InChI is InChI=1S/C8H18N2/c1-7(9)6-10-8-4-2-3-5-8/h7-8,10H,2-6,9H2,1H3. The smallest absolute Gasteiger partial charge is 0.0136 e. The molecule has 0 radical (unpaired) electrons. The molecule has 0 saturated heterocycles. The molecule has 0 amide bonds.